The third-order valence-electron chi connectivity index (χ3n) is 3.46. The molecule has 0 spiro atoms. The number of nitrogens with zero attached hydrogens (tertiary/aromatic N) is 2. The Morgan fingerprint density at radius 2 is 1.54 bits per heavy atom. The lowest BCUT2D eigenvalue weighted by atomic mass is 10.1. The number of hydrogen-bond acceptors (Lipinski definition) is 2. The van der Waals surface area contributed by atoms with Gasteiger partial charge in [0.15, 0.2) is 0 Å². The van der Waals surface area contributed by atoms with Crippen LogP contribution in [0.1, 0.15) is 11.1 Å². The van der Waals surface area contributed by atoms with Gasteiger partial charge in [-0.05, 0) is 66.9 Å². The maximum atomic E-state index is 8.57. The molecule has 0 aliphatic carbocycles. The predicted octanol–water partition coefficient (Wildman–Crippen LogP) is 5.88. The third kappa shape index (κ3) is 4.18. The normalized spacial score (nSPS) is 10.0. The van der Waals surface area contributed by atoms with Gasteiger partial charge in [-0.1, -0.05) is 35.3 Å². The molecule has 24 heavy (non-hydrogen) atoms. The summed E-state index contributed by atoms with van der Waals surface area (Å²) in [6.07, 6.45) is 1.87. The van der Waals surface area contributed by atoms with Crippen LogP contribution in [0.25, 0.3) is 16.9 Å². The fraction of sp³-hybridized carbons (Fsp3) is 0.111. The molecule has 0 saturated carbocycles. The van der Waals surface area contributed by atoms with Gasteiger partial charge in [0.1, 0.15) is 0 Å². The highest BCUT2D eigenvalue weighted by Crippen LogP contribution is 2.29. The maximum absolute atomic E-state index is 8.57. The molecule has 0 aliphatic heterocycles. The smallest absolute Gasteiger partial charge is 0.208 e. The molecule has 124 valence electrons. The third-order valence-corrected chi connectivity index (χ3v) is 3.94. The van der Waals surface area contributed by atoms with Gasteiger partial charge in [-0.15, -0.1) is 0 Å². The van der Waals surface area contributed by atoms with Crippen molar-refractivity contribution in [2.75, 3.05) is 0 Å². The summed E-state index contributed by atoms with van der Waals surface area (Å²) in [5, 5.41) is 5.97. The van der Waals surface area contributed by atoms with Crippen LogP contribution in [-0.2, 0) is 4.79 Å². The molecule has 2 aromatic carbocycles. The van der Waals surface area contributed by atoms with E-state index < -0.39 is 0 Å². The molecule has 0 atom stereocenters. The molecule has 3 aromatic rings. The first-order chi connectivity index (χ1) is 11.5. The van der Waals surface area contributed by atoms with Crippen LogP contribution >= 0.6 is 34.8 Å². The molecule has 0 aliphatic rings. The van der Waals surface area contributed by atoms with Crippen molar-refractivity contribution in [3.05, 3.63) is 69.8 Å². The molecule has 0 saturated heterocycles. The molecule has 1 aromatic heterocycles. The summed E-state index contributed by atoms with van der Waals surface area (Å²) < 4.78 is 1.95. The van der Waals surface area contributed by atoms with E-state index in [1.807, 2.05) is 60.3 Å². The van der Waals surface area contributed by atoms with E-state index in [2.05, 4.69) is 23.6 Å². The fourth-order valence-corrected chi connectivity index (χ4v) is 2.78. The van der Waals surface area contributed by atoms with Gasteiger partial charge in [0, 0.05) is 15.6 Å². The largest absolute Gasteiger partial charge is 0.285 e. The number of carbonyl (C=O) groups is 1. The van der Waals surface area contributed by atoms with Gasteiger partial charge in [0.2, 0.25) is 5.75 Å². The zero-order chi connectivity index (χ0) is 17.7. The summed E-state index contributed by atoms with van der Waals surface area (Å²) in [5.41, 5.74) is 5.38. The zero-order valence-electron chi connectivity index (χ0n) is 13.1. The molecule has 0 amide bonds. The monoisotopic (exact) mass is 380 g/mol. The van der Waals surface area contributed by atoms with Crippen LogP contribution in [-0.4, -0.2) is 15.5 Å². The molecular formula is C18H15Cl3N2O. The number of halogens is 3. The van der Waals surface area contributed by atoms with E-state index in [-0.39, 0.29) is 5.75 Å². The number of carbonyl (C=O) groups excluding carboxylic acids is 1. The molecule has 0 bridgehead atoms. The fourth-order valence-electron chi connectivity index (χ4n) is 2.43. The summed E-state index contributed by atoms with van der Waals surface area (Å²) in [7, 11) is 0. The first kappa shape index (κ1) is 18.5. The van der Waals surface area contributed by atoms with Crippen molar-refractivity contribution < 1.29 is 4.79 Å². The maximum Gasteiger partial charge on any atom is 0.208 e. The quantitative estimate of drug-likeness (QED) is 0.410. The van der Waals surface area contributed by atoms with Crippen molar-refractivity contribution in [1.82, 2.24) is 9.78 Å². The second-order valence-electron chi connectivity index (χ2n) is 5.11. The molecule has 3 nitrogen and oxygen atoms in total. The van der Waals surface area contributed by atoms with Crippen molar-refractivity contribution in [2.45, 2.75) is 13.8 Å². The van der Waals surface area contributed by atoms with Crippen molar-refractivity contribution in [2.24, 2.45) is 0 Å². The van der Waals surface area contributed by atoms with E-state index in [0.29, 0.717) is 0 Å². The van der Waals surface area contributed by atoms with Crippen molar-refractivity contribution >= 4 is 40.5 Å². The van der Waals surface area contributed by atoms with Gasteiger partial charge < -0.3 is 0 Å². The van der Waals surface area contributed by atoms with Crippen LogP contribution in [0.3, 0.4) is 0 Å². The van der Waals surface area contributed by atoms with Crippen LogP contribution < -0.4 is 0 Å². The molecular weight excluding hydrogens is 367 g/mol. The van der Waals surface area contributed by atoms with Gasteiger partial charge in [-0.2, -0.15) is 5.10 Å². The van der Waals surface area contributed by atoms with Crippen molar-refractivity contribution in [3.8, 4) is 16.9 Å². The topological polar surface area (TPSA) is 34.9 Å². The Balaban J connectivity index is 0.000000647. The minimum Gasteiger partial charge on any atom is -0.285 e. The Labute approximate surface area is 155 Å². The molecule has 0 radical (unpaired) electrons. The van der Waals surface area contributed by atoms with E-state index in [1.165, 1.54) is 0 Å². The molecule has 0 fully saturated rings. The van der Waals surface area contributed by atoms with Crippen LogP contribution in [0.5, 0.6) is 0 Å². The van der Waals surface area contributed by atoms with Gasteiger partial charge in [-0.25, -0.2) is 4.68 Å². The van der Waals surface area contributed by atoms with Gasteiger partial charge >= 0.3 is 0 Å². The Bertz CT molecular complexity index is 842. The summed E-state index contributed by atoms with van der Waals surface area (Å²) in [5.74, 6) is 0.222. The van der Waals surface area contributed by atoms with Crippen LogP contribution in [0.4, 0.5) is 0 Å². The first-order valence-electron chi connectivity index (χ1n) is 7.09. The minimum atomic E-state index is 0.222. The average Bonchev–Trinajstić information content (AvgIpc) is 2.90. The van der Waals surface area contributed by atoms with Gasteiger partial charge in [0.05, 0.1) is 17.6 Å². The number of hydrogen-bond donors (Lipinski definition) is 0. The van der Waals surface area contributed by atoms with E-state index in [9.17, 15) is 0 Å². The molecule has 0 unspecified atom stereocenters. The van der Waals surface area contributed by atoms with E-state index >= 15 is 0 Å². The van der Waals surface area contributed by atoms with Crippen molar-refractivity contribution in [3.63, 3.8) is 0 Å². The number of aryl methyl sites for hydroxylation is 2. The highest BCUT2D eigenvalue weighted by atomic mass is 35.5. The standard InChI is InChI=1S/C17H14Cl2N2.CHClO/c1-11-9-15(19)7-8-16(11)21-17(12(2)10-20-21)13-3-5-14(18)6-4-13;2-1-3/h3-10H,1-2H3;1H. The lowest BCUT2D eigenvalue weighted by Gasteiger charge is -2.12. The van der Waals surface area contributed by atoms with Crippen molar-refractivity contribution in [1.29, 1.82) is 0 Å². The van der Waals surface area contributed by atoms with Crippen LogP contribution in [0, 0.1) is 13.8 Å². The zero-order valence-corrected chi connectivity index (χ0v) is 15.4. The summed E-state index contributed by atoms with van der Waals surface area (Å²) in [6, 6.07) is 13.6. The minimum absolute atomic E-state index is 0.222. The predicted molar refractivity (Wildman–Crippen MR) is 101 cm³/mol. The average molecular weight is 382 g/mol. The van der Waals surface area contributed by atoms with Gasteiger partial charge in [-0.3, -0.25) is 4.79 Å². The summed E-state index contributed by atoms with van der Waals surface area (Å²) >= 11 is 16.3. The Hall–Kier alpha value is -1.81. The number of aromatic nitrogens is 2. The van der Waals surface area contributed by atoms with E-state index in [1.54, 1.807) is 0 Å². The lowest BCUT2D eigenvalue weighted by molar-refractivity contribution is 0.569. The second-order valence-corrected chi connectivity index (χ2v) is 6.17. The van der Waals surface area contributed by atoms with E-state index in [0.717, 1.165) is 38.1 Å². The highest BCUT2D eigenvalue weighted by Gasteiger charge is 2.13. The van der Waals surface area contributed by atoms with E-state index in [4.69, 9.17) is 28.0 Å². The summed E-state index contributed by atoms with van der Waals surface area (Å²) in [4.78, 5) is 8.57. The Morgan fingerprint density at radius 1 is 0.958 bits per heavy atom. The molecule has 6 heteroatoms. The SMILES string of the molecule is Cc1cc(Cl)ccc1-n1ncc(C)c1-c1ccc(Cl)cc1.O=CCl. The Kier molecular flexibility index (Phi) is 6.44. The second kappa shape index (κ2) is 8.34. The van der Waals surface area contributed by atoms with Crippen LogP contribution in [0.2, 0.25) is 10.0 Å². The summed E-state index contributed by atoms with van der Waals surface area (Å²) in [6.45, 7) is 4.09. The number of benzene rings is 2. The molecule has 1 heterocycles. The number of rotatable bonds is 2. The first-order valence-corrected chi connectivity index (χ1v) is 8.28. The molecule has 0 N–H and O–H groups in total. The molecule has 3 rings (SSSR count). The highest BCUT2D eigenvalue weighted by molar-refractivity contribution is 6.54. The lowest BCUT2D eigenvalue weighted by Crippen LogP contribution is -2.01. The van der Waals surface area contributed by atoms with Crippen LogP contribution in [0.15, 0.2) is 48.7 Å². The van der Waals surface area contributed by atoms with Gasteiger partial charge in [0.25, 0.3) is 0 Å². The Morgan fingerprint density at radius 3 is 2.12 bits per heavy atom.